The minimum absolute atomic E-state index is 0.511. The van der Waals surface area contributed by atoms with Crippen LogP contribution in [0.3, 0.4) is 0 Å². The molecule has 0 spiro atoms. The van der Waals surface area contributed by atoms with E-state index < -0.39 is 6.10 Å². The quantitative estimate of drug-likeness (QED) is 0.901. The third-order valence-electron chi connectivity index (χ3n) is 2.96. The van der Waals surface area contributed by atoms with Gasteiger partial charge in [0, 0.05) is 6.07 Å². The van der Waals surface area contributed by atoms with Crippen LogP contribution in [0.2, 0.25) is 0 Å². The molecule has 1 heterocycles. The molecular formula is C15H17NO2. The van der Waals surface area contributed by atoms with Crippen LogP contribution in [0.25, 0.3) is 0 Å². The Bertz CT molecular complexity index is 552. The average Bonchev–Trinajstić information content (AvgIpc) is 2.41. The van der Waals surface area contributed by atoms with Crippen molar-refractivity contribution in [1.29, 1.82) is 0 Å². The highest BCUT2D eigenvalue weighted by molar-refractivity contribution is 5.36. The Morgan fingerprint density at radius 1 is 1.17 bits per heavy atom. The number of nitrogens with zero attached hydrogens (tertiary/aromatic N) is 1. The number of aliphatic hydroxyl groups excluding tert-OH is 1. The second kappa shape index (κ2) is 5.19. The fourth-order valence-electron chi connectivity index (χ4n) is 1.91. The van der Waals surface area contributed by atoms with Crippen LogP contribution in [-0.4, -0.2) is 17.2 Å². The Labute approximate surface area is 107 Å². The summed E-state index contributed by atoms with van der Waals surface area (Å²) < 4.78 is 5.07. The molecule has 18 heavy (non-hydrogen) atoms. The van der Waals surface area contributed by atoms with E-state index in [9.17, 15) is 5.11 Å². The molecule has 0 aliphatic heterocycles. The molecule has 0 radical (unpaired) electrons. The van der Waals surface area contributed by atoms with Crippen molar-refractivity contribution in [3.05, 3.63) is 58.8 Å². The molecular weight excluding hydrogens is 226 g/mol. The molecule has 0 saturated carbocycles. The van der Waals surface area contributed by atoms with E-state index in [0.29, 0.717) is 11.6 Å². The van der Waals surface area contributed by atoms with Crippen molar-refractivity contribution in [2.45, 2.75) is 20.0 Å². The molecule has 0 aliphatic carbocycles. The number of aliphatic hydroxyl groups is 1. The molecule has 1 atom stereocenters. The summed E-state index contributed by atoms with van der Waals surface area (Å²) in [7, 11) is 1.57. The summed E-state index contributed by atoms with van der Waals surface area (Å²) in [5.74, 6) is 0.511. The van der Waals surface area contributed by atoms with Crippen molar-refractivity contribution < 1.29 is 9.84 Å². The number of benzene rings is 1. The summed E-state index contributed by atoms with van der Waals surface area (Å²) in [6.07, 6.45) is -0.722. The van der Waals surface area contributed by atoms with E-state index in [2.05, 4.69) is 4.98 Å². The van der Waals surface area contributed by atoms with E-state index in [1.54, 1.807) is 19.2 Å². The Kier molecular flexibility index (Phi) is 3.63. The molecule has 1 aromatic heterocycles. The van der Waals surface area contributed by atoms with Crippen LogP contribution >= 0.6 is 0 Å². The highest BCUT2D eigenvalue weighted by Gasteiger charge is 2.15. The largest absolute Gasteiger partial charge is 0.481 e. The maximum absolute atomic E-state index is 10.4. The number of pyridine rings is 1. The zero-order valence-corrected chi connectivity index (χ0v) is 10.8. The van der Waals surface area contributed by atoms with Crippen molar-refractivity contribution >= 4 is 0 Å². The van der Waals surface area contributed by atoms with Gasteiger partial charge in [0.15, 0.2) is 0 Å². The number of aromatic nitrogens is 1. The molecule has 0 bridgehead atoms. The Hall–Kier alpha value is -1.87. The smallest absolute Gasteiger partial charge is 0.213 e. The van der Waals surface area contributed by atoms with Gasteiger partial charge in [0.05, 0.1) is 12.8 Å². The monoisotopic (exact) mass is 243 g/mol. The second-order valence-corrected chi connectivity index (χ2v) is 4.37. The van der Waals surface area contributed by atoms with E-state index in [-0.39, 0.29) is 0 Å². The average molecular weight is 243 g/mol. The molecule has 0 fully saturated rings. The maximum atomic E-state index is 10.4. The van der Waals surface area contributed by atoms with E-state index in [1.807, 2.05) is 38.1 Å². The predicted octanol–water partition coefficient (Wildman–Crippen LogP) is 2.79. The Balaban J connectivity index is 2.40. The van der Waals surface area contributed by atoms with Crippen LogP contribution < -0.4 is 4.74 Å². The Morgan fingerprint density at radius 3 is 2.67 bits per heavy atom. The lowest BCUT2D eigenvalue weighted by atomic mass is 9.98. The fourth-order valence-corrected chi connectivity index (χ4v) is 1.91. The fraction of sp³-hybridized carbons (Fsp3) is 0.267. The van der Waals surface area contributed by atoms with Crippen LogP contribution in [0.15, 0.2) is 36.4 Å². The highest BCUT2D eigenvalue weighted by Crippen LogP contribution is 2.25. The lowest BCUT2D eigenvalue weighted by molar-refractivity contribution is 0.213. The summed E-state index contributed by atoms with van der Waals surface area (Å²) in [5, 5.41) is 10.4. The van der Waals surface area contributed by atoms with Gasteiger partial charge in [-0.1, -0.05) is 29.8 Å². The first-order valence-corrected chi connectivity index (χ1v) is 5.88. The van der Waals surface area contributed by atoms with Crippen molar-refractivity contribution in [2.75, 3.05) is 7.11 Å². The van der Waals surface area contributed by atoms with Gasteiger partial charge in [0.25, 0.3) is 0 Å². The van der Waals surface area contributed by atoms with E-state index in [0.717, 1.165) is 16.7 Å². The summed E-state index contributed by atoms with van der Waals surface area (Å²) in [4.78, 5) is 4.27. The number of aryl methyl sites for hydroxylation is 2. The molecule has 1 N–H and O–H groups in total. The van der Waals surface area contributed by atoms with Crippen molar-refractivity contribution in [2.24, 2.45) is 0 Å². The molecule has 3 heteroatoms. The normalized spacial score (nSPS) is 12.2. The predicted molar refractivity (Wildman–Crippen MR) is 70.8 cm³/mol. The van der Waals surface area contributed by atoms with Gasteiger partial charge in [-0.05, 0) is 31.0 Å². The van der Waals surface area contributed by atoms with Crippen LogP contribution in [-0.2, 0) is 0 Å². The van der Waals surface area contributed by atoms with Crippen LogP contribution in [0, 0.1) is 13.8 Å². The summed E-state index contributed by atoms with van der Waals surface area (Å²) in [6, 6.07) is 11.4. The van der Waals surface area contributed by atoms with E-state index in [4.69, 9.17) is 4.74 Å². The minimum Gasteiger partial charge on any atom is -0.481 e. The molecule has 1 unspecified atom stereocenters. The number of ether oxygens (including phenoxy) is 1. The topological polar surface area (TPSA) is 42.4 Å². The van der Waals surface area contributed by atoms with Gasteiger partial charge >= 0.3 is 0 Å². The molecule has 94 valence electrons. The summed E-state index contributed by atoms with van der Waals surface area (Å²) in [5.41, 5.74) is 3.66. The van der Waals surface area contributed by atoms with Crippen LogP contribution in [0.1, 0.15) is 28.5 Å². The molecule has 2 rings (SSSR count). The first kappa shape index (κ1) is 12.6. The third kappa shape index (κ3) is 2.51. The SMILES string of the molecule is COc1cccc(C(O)c2cc(C)ccc2C)n1. The van der Waals surface area contributed by atoms with Crippen LogP contribution in [0.5, 0.6) is 5.88 Å². The zero-order chi connectivity index (χ0) is 13.1. The van der Waals surface area contributed by atoms with Gasteiger partial charge in [-0.2, -0.15) is 0 Å². The minimum atomic E-state index is -0.722. The molecule has 2 aromatic rings. The lowest BCUT2D eigenvalue weighted by Gasteiger charge is -2.14. The standard InChI is InChI=1S/C15H17NO2/c1-10-7-8-11(2)12(9-10)15(17)13-5-4-6-14(16-13)18-3/h4-9,15,17H,1-3H3. The number of rotatable bonds is 3. The molecule has 3 nitrogen and oxygen atoms in total. The van der Waals surface area contributed by atoms with Gasteiger partial charge in [-0.15, -0.1) is 0 Å². The zero-order valence-electron chi connectivity index (χ0n) is 10.8. The van der Waals surface area contributed by atoms with E-state index in [1.165, 1.54) is 0 Å². The van der Waals surface area contributed by atoms with Crippen molar-refractivity contribution in [3.63, 3.8) is 0 Å². The molecule has 1 aromatic carbocycles. The number of methoxy groups -OCH3 is 1. The first-order valence-electron chi connectivity index (χ1n) is 5.88. The lowest BCUT2D eigenvalue weighted by Crippen LogP contribution is -2.05. The van der Waals surface area contributed by atoms with E-state index >= 15 is 0 Å². The van der Waals surface area contributed by atoms with Crippen molar-refractivity contribution in [3.8, 4) is 5.88 Å². The number of hydrogen-bond acceptors (Lipinski definition) is 3. The number of hydrogen-bond donors (Lipinski definition) is 1. The maximum Gasteiger partial charge on any atom is 0.213 e. The summed E-state index contributed by atoms with van der Waals surface area (Å²) >= 11 is 0. The van der Waals surface area contributed by atoms with Gasteiger partial charge in [0.1, 0.15) is 6.10 Å². The first-order chi connectivity index (χ1) is 8.61. The molecule has 0 amide bonds. The third-order valence-corrected chi connectivity index (χ3v) is 2.96. The molecule has 0 saturated heterocycles. The highest BCUT2D eigenvalue weighted by atomic mass is 16.5. The van der Waals surface area contributed by atoms with Crippen molar-refractivity contribution in [1.82, 2.24) is 4.98 Å². The van der Waals surface area contributed by atoms with Gasteiger partial charge in [-0.3, -0.25) is 0 Å². The van der Waals surface area contributed by atoms with Gasteiger partial charge in [-0.25, -0.2) is 4.98 Å². The van der Waals surface area contributed by atoms with Gasteiger partial charge < -0.3 is 9.84 Å². The Morgan fingerprint density at radius 2 is 1.94 bits per heavy atom. The van der Waals surface area contributed by atoms with Crippen LogP contribution in [0.4, 0.5) is 0 Å². The summed E-state index contributed by atoms with van der Waals surface area (Å²) in [6.45, 7) is 3.99. The second-order valence-electron chi connectivity index (χ2n) is 4.37. The van der Waals surface area contributed by atoms with Gasteiger partial charge in [0.2, 0.25) is 5.88 Å². The molecule has 0 aliphatic rings.